The Bertz CT molecular complexity index is 445. The molecule has 0 rings (SSSR count). The van der Waals surface area contributed by atoms with Gasteiger partial charge in [0, 0.05) is 20.1 Å². The van der Waals surface area contributed by atoms with Crippen molar-refractivity contribution in [1.29, 1.82) is 0 Å². The molecule has 0 aliphatic heterocycles. The highest BCUT2D eigenvalue weighted by Crippen LogP contribution is 2.08. The summed E-state index contributed by atoms with van der Waals surface area (Å²) in [5.74, 6) is -0.00966. The number of hydroxylamine groups is 1. The molecule has 1 amide bonds. The molecule has 1 atom stereocenters. The maximum atomic E-state index is 11.9. The molecule has 0 fully saturated rings. The number of amides is 1. The van der Waals surface area contributed by atoms with Gasteiger partial charge in [0.2, 0.25) is 0 Å². The predicted octanol–water partition coefficient (Wildman–Crippen LogP) is 1.25. The van der Waals surface area contributed by atoms with Crippen LogP contribution in [0, 0.1) is 5.92 Å². The van der Waals surface area contributed by atoms with E-state index < -0.39 is 28.0 Å². The van der Waals surface area contributed by atoms with Gasteiger partial charge in [-0.1, -0.05) is 20.8 Å². The molecule has 2 N–H and O–H groups in total. The van der Waals surface area contributed by atoms with Crippen molar-refractivity contribution in [2.75, 3.05) is 20.1 Å². The second-order valence-electron chi connectivity index (χ2n) is 6.27. The highest BCUT2D eigenvalue weighted by molar-refractivity contribution is 7.87. The van der Waals surface area contributed by atoms with E-state index in [1.807, 2.05) is 13.8 Å². The molecular weight excluding hydrogens is 310 g/mol. The Morgan fingerprint density at radius 3 is 2.23 bits per heavy atom. The van der Waals surface area contributed by atoms with Gasteiger partial charge in [-0.2, -0.15) is 22.9 Å². The van der Waals surface area contributed by atoms with Gasteiger partial charge >= 0.3 is 6.09 Å². The van der Waals surface area contributed by atoms with Crippen LogP contribution in [0.1, 0.15) is 41.5 Å². The summed E-state index contributed by atoms with van der Waals surface area (Å²) in [6, 6.07) is 0. The molecule has 1 unspecified atom stereocenters. The first-order chi connectivity index (χ1) is 9.89. The molecule has 8 nitrogen and oxygen atoms in total. The van der Waals surface area contributed by atoms with Gasteiger partial charge in [0.1, 0.15) is 11.7 Å². The summed E-state index contributed by atoms with van der Waals surface area (Å²) in [5, 5.41) is 0. The van der Waals surface area contributed by atoms with Crippen LogP contribution >= 0.6 is 0 Å². The lowest BCUT2D eigenvalue weighted by Crippen LogP contribution is -2.45. The van der Waals surface area contributed by atoms with Gasteiger partial charge < -0.3 is 4.74 Å². The number of carbonyl (C=O) groups is 1. The van der Waals surface area contributed by atoms with Crippen molar-refractivity contribution in [3.63, 3.8) is 0 Å². The van der Waals surface area contributed by atoms with E-state index >= 15 is 0 Å². The fraction of sp³-hybridized carbons (Fsp3) is 0.923. The third kappa shape index (κ3) is 8.52. The van der Waals surface area contributed by atoms with Gasteiger partial charge in [0.15, 0.2) is 0 Å². The topological polar surface area (TPSA) is 97.0 Å². The molecule has 0 heterocycles. The molecule has 22 heavy (non-hydrogen) atoms. The van der Waals surface area contributed by atoms with Crippen molar-refractivity contribution < 1.29 is 22.8 Å². The quantitative estimate of drug-likeness (QED) is 0.649. The average molecular weight is 339 g/mol. The molecule has 0 spiro atoms. The summed E-state index contributed by atoms with van der Waals surface area (Å²) in [7, 11) is -2.07. The Hall–Kier alpha value is -0.900. The lowest BCUT2D eigenvalue weighted by Gasteiger charge is -2.24. The zero-order valence-corrected chi connectivity index (χ0v) is 15.3. The largest absolute Gasteiger partial charge is 0.442 e. The zero-order valence-electron chi connectivity index (χ0n) is 14.5. The van der Waals surface area contributed by atoms with E-state index in [1.165, 1.54) is 11.4 Å². The van der Waals surface area contributed by atoms with Crippen LogP contribution in [0.2, 0.25) is 0 Å². The Morgan fingerprint density at radius 2 is 1.82 bits per heavy atom. The minimum Gasteiger partial charge on any atom is -0.442 e. The van der Waals surface area contributed by atoms with E-state index in [2.05, 4.69) is 10.2 Å². The van der Waals surface area contributed by atoms with Gasteiger partial charge in [-0.05, 0) is 26.7 Å². The van der Waals surface area contributed by atoms with Crippen molar-refractivity contribution in [3.8, 4) is 0 Å². The second kappa shape index (κ2) is 8.66. The molecule has 0 radical (unpaired) electrons. The number of hydrogen-bond donors (Lipinski definition) is 2. The van der Waals surface area contributed by atoms with Crippen LogP contribution in [0.25, 0.3) is 0 Å². The number of rotatable bonds is 8. The molecule has 0 aromatic rings. The van der Waals surface area contributed by atoms with E-state index in [9.17, 15) is 13.2 Å². The molecule has 0 saturated carbocycles. The fourth-order valence-corrected chi connectivity index (χ4v) is 2.24. The SMILES string of the molecule is CCN(C)S(=O)(=O)NCC(ONC(=O)OC(C)(C)C)C(C)C. The first-order valence-electron chi connectivity index (χ1n) is 7.24. The van der Waals surface area contributed by atoms with Crippen LogP contribution in [-0.4, -0.2) is 50.7 Å². The van der Waals surface area contributed by atoms with Gasteiger partial charge in [0.05, 0.1) is 0 Å². The van der Waals surface area contributed by atoms with Crippen LogP contribution in [0.15, 0.2) is 0 Å². The number of hydrogen-bond acceptors (Lipinski definition) is 5. The van der Waals surface area contributed by atoms with Crippen LogP contribution < -0.4 is 10.2 Å². The molecule has 0 saturated heterocycles. The van der Waals surface area contributed by atoms with E-state index in [0.717, 1.165) is 0 Å². The van der Waals surface area contributed by atoms with Crippen molar-refractivity contribution in [2.45, 2.75) is 53.2 Å². The summed E-state index contributed by atoms with van der Waals surface area (Å²) in [4.78, 5) is 16.8. The normalized spacial score (nSPS) is 14.2. The molecule has 0 aromatic heterocycles. The number of nitrogens with one attached hydrogen (secondary N) is 2. The third-order valence-corrected chi connectivity index (χ3v) is 4.37. The third-order valence-electron chi connectivity index (χ3n) is 2.76. The minimum atomic E-state index is -3.55. The molecular formula is C13H29N3O5S. The summed E-state index contributed by atoms with van der Waals surface area (Å²) >= 11 is 0. The van der Waals surface area contributed by atoms with Gasteiger partial charge in [-0.15, -0.1) is 0 Å². The number of carbonyl (C=O) groups excluding carboxylic acids is 1. The van der Waals surface area contributed by atoms with Crippen molar-refractivity contribution in [2.24, 2.45) is 5.92 Å². The van der Waals surface area contributed by atoms with E-state index in [0.29, 0.717) is 6.54 Å². The lowest BCUT2D eigenvalue weighted by atomic mass is 10.1. The first-order valence-corrected chi connectivity index (χ1v) is 8.68. The predicted molar refractivity (Wildman–Crippen MR) is 84.3 cm³/mol. The number of nitrogens with zero attached hydrogens (tertiary/aromatic N) is 1. The second-order valence-corrected chi connectivity index (χ2v) is 8.13. The van der Waals surface area contributed by atoms with Crippen LogP contribution in [0.3, 0.4) is 0 Å². The molecule has 0 aliphatic rings. The van der Waals surface area contributed by atoms with Crippen molar-refractivity contribution in [3.05, 3.63) is 0 Å². The van der Waals surface area contributed by atoms with Crippen LogP contribution in [0.4, 0.5) is 4.79 Å². The summed E-state index contributed by atoms with van der Waals surface area (Å²) in [6.45, 7) is 11.1. The molecule has 9 heteroatoms. The maximum Gasteiger partial charge on any atom is 0.431 e. The van der Waals surface area contributed by atoms with E-state index in [-0.39, 0.29) is 12.5 Å². The summed E-state index contributed by atoms with van der Waals surface area (Å²) in [5.41, 5.74) is 1.56. The molecule has 0 aromatic carbocycles. The summed E-state index contributed by atoms with van der Waals surface area (Å²) < 4.78 is 32.4. The van der Waals surface area contributed by atoms with Crippen molar-refractivity contribution in [1.82, 2.24) is 14.5 Å². The zero-order chi connectivity index (χ0) is 17.6. The molecule has 132 valence electrons. The molecule has 0 bridgehead atoms. The number of ether oxygens (including phenoxy) is 1. The Kier molecular flexibility index (Phi) is 8.30. The van der Waals surface area contributed by atoms with Crippen LogP contribution in [0.5, 0.6) is 0 Å². The van der Waals surface area contributed by atoms with Crippen LogP contribution in [-0.2, 0) is 19.8 Å². The van der Waals surface area contributed by atoms with E-state index in [4.69, 9.17) is 9.57 Å². The highest BCUT2D eigenvalue weighted by atomic mass is 32.2. The highest BCUT2D eigenvalue weighted by Gasteiger charge is 2.23. The standard InChI is InChI=1S/C13H29N3O5S/c1-8-16(7)22(18,19)14-9-11(10(2)3)21-15-12(17)20-13(4,5)6/h10-11,14H,8-9H2,1-7H3,(H,15,17). The van der Waals surface area contributed by atoms with E-state index in [1.54, 1.807) is 27.7 Å². The van der Waals surface area contributed by atoms with Gasteiger partial charge in [-0.3, -0.25) is 4.84 Å². The maximum absolute atomic E-state index is 11.9. The Labute approximate surface area is 133 Å². The monoisotopic (exact) mass is 339 g/mol. The smallest absolute Gasteiger partial charge is 0.431 e. The fourth-order valence-electron chi connectivity index (χ4n) is 1.30. The molecule has 0 aliphatic carbocycles. The van der Waals surface area contributed by atoms with Gasteiger partial charge in [-0.25, -0.2) is 4.79 Å². The summed E-state index contributed by atoms with van der Waals surface area (Å²) in [6.07, 6.45) is -1.24. The first kappa shape index (κ1) is 21.1. The Morgan fingerprint density at radius 1 is 1.27 bits per heavy atom. The lowest BCUT2D eigenvalue weighted by molar-refractivity contribution is -0.0552. The minimum absolute atomic E-state index is 0.00966. The van der Waals surface area contributed by atoms with Crippen molar-refractivity contribution >= 4 is 16.3 Å². The van der Waals surface area contributed by atoms with Gasteiger partial charge in [0.25, 0.3) is 10.2 Å². The average Bonchev–Trinajstić information content (AvgIpc) is 2.34. The Balaban J connectivity index is 4.49.